The number of halogens is 1. The van der Waals surface area contributed by atoms with Gasteiger partial charge in [0.15, 0.2) is 11.5 Å². The van der Waals surface area contributed by atoms with E-state index in [-0.39, 0.29) is 30.1 Å². The summed E-state index contributed by atoms with van der Waals surface area (Å²) < 4.78 is 11.3. The summed E-state index contributed by atoms with van der Waals surface area (Å²) >= 11 is 0. The standard InChI is InChI=1S/C32H50N4O6.ClH/c1-4-5-18-36-29(38)25(23-31(40)13-7-6-8-14-31)34-30(39)32(36)15-19-35(20-16-32)17-9-10-21-42-26-12-11-24(28(37)33-2)22-27(26)41-3;/h11-12,22,25,40H,4-10,13-21,23H2,1-3H3,(H,33,37)(H,34,39);1H/t25-;/m1./s1. The Bertz CT molecular complexity index is 1090. The van der Waals surface area contributed by atoms with E-state index in [2.05, 4.69) is 22.5 Å². The van der Waals surface area contributed by atoms with Crippen molar-refractivity contribution in [3.8, 4) is 11.5 Å². The van der Waals surface area contributed by atoms with Gasteiger partial charge in [-0.1, -0.05) is 32.6 Å². The summed E-state index contributed by atoms with van der Waals surface area (Å²) in [7, 11) is 3.15. The number of methoxy groups -OCH3 is 1. The third-order valence-electron chi connectivity index (χ3n) is 9.37. The number of hydrogen-bond acceptors (Lipinski definition) is 7. The molecule has 0 unspecified atom stereocenters. The second kappa shape index (κ2) is 16.0. The number of carbonyl (C=O) groups excluding carboxylic acids is 3. The van der Waals surface area contributed by atoms with Crippen molar-refractivity contribution in [3.05, 3.63) is 23.8 Å². The molecule has 43 heavy (non-hydrogen) atoms. The average molecular weight is 623 g/mol. The summed E-state index contributed by atoms with van der Waals surface area (Å²) in [5.74, 6) is 0.891. The Kier molecular flexibility index (Phi) is 13.0. The van der Waals surface area contributed by atoms with E-state index >= 15 is 0 Å². The fourth-order valence-corrected chi connectivity index (χ4v) is 6.78. The number of piperidine rings is 1. The lowest BCUT2D eigenvalue weighted by Crippen LogP contribution is -2.73. The SMILES string of the molecule is CCCCN1C(=O)[C@@H](CC2(O)CCCCC2)NC(=O)C12CCN(CCCCOc1ccc(C(=O)NC)cc1OC)CC2.Cl. The van der Waals surface area contributed by atoms with Crippen molar-refractivity contribution in [3.63, 3.8) is 0 Å². The minimum Gasteiger partial charge on any atom is -0.493 e. The van der Waals surface area contributed by atoms with Crippen molar-refractivity contribution >= 4 is 30.1 Å². The summed E-state index contributed by atoms with van der Waals surface area (Å²) in [6.45, 7) is 5.63. The average Bonchev–Trinajstić information content (AvgIpc) is 3.00. The van der Waals surface area contributed by atoms with Gasteiger partial charge < -0.3 is 35.0 Å². The molecule has 1 saturated carbocycles. The lowest BCUT2D eigenvalue weighted by atomic mass is 9.77. The molecule has 0 radical (unpaired) electrons. The summed E-state index contributed by atoms with van der Waals surface area (Å²) in [5, 5.41) is 16.8. The number of nitrogens with one attached hydrogen (secondary N) is 2. The fraction of sp³-hybridized carbons (Fsp3) is 0.719. The number of rotatable bonds is 13. The van der Waals surface area contributed by atoms with E-state index in [4.69, 9.17) is 9.47 Å². The number of ether oxygens (including phenoxy) is 2. The van der Waals surface area contributed by atoms with Gasteiger partial charge in [-0.3, -0.25) is 14.4 Å². The number of unbranched alkanes of at least 4 members (excludes halogenated alkanes) is 2. The van der Waals surface area contributed by atoms with Crippen LogP contribution in [0, 0.1) is 0 Å². The molecule has 2 heterocycles. The minimum atomic E-state index is -0.861. The number of piperazine rings is 1. The highest BCUT2D eigenvalue weighted by Gasteiger charge is 2.54. The Balaban J connectivity index is 0.00000506. The van der Waals surface area contributed by atoms with Gasteiger partial charge in [0.05, 0.1) is 19.3 Å². The van der Waals surface area contributed by atoms with Gasteiger partial charge in [-0.05, 0) is 69.7 Å². The van der Waals surface area contributed by atoms with Gasteiger partial charge in [-0.25, -0.2) is 0 Å². The largest absolute Gasteiger partial charge is 0.493 e. The van der Waals surface area contributed by atoms with Gasteiger partial charge in [0.1, 0.15) is 11.6 Å². The molecule has 1 atom stereocenters. The maximum absolute atomic E-state index is 13.8. The first-order valence-corrected chi connectivity index (χ1v) is 15.9. The summed E-state index contributed by atoms with van der Waals surface area (Å²) in [5.41, 5.74) is -1.14. The molecule has 1 spiro atoms. The second-order valence-corrected chi connectivity index (χ2v) is 12.2. The van der Waals surface area contributed by atoms with Crippen LogP contribution in [0.25, 0.3) is 0 Å². The van der Waals surface area contributed by atoms with Crippen molar-refractivity contribution in [1.29, 1.82) is 0 Å². The van der Waals surface area contributed by atoms with Crippen LogP contribution in [0.5, 0.6) is 11.5 Å². The normalized spacial score (nSPS) is 21.6. The zero-order chi connectivity index (χ0) is 30.2. The van der Waals surface area contributed by atoms with E-state index in [9.17, 15) is 19.5 Å². The van der Waals surface area contributed by atoms with Crippen LogP contribution in [0.2, 0.25) is 0 Å². The summed E-state index contributed by atoms with van der Waals surface area (Å²) in [6.07, 6.45) is 9.62. The molecular weight excluding hydrogens is 572 g/mol. The minimum absolute atomic E-state index is 0. The van der Waals surface area contributed by atoms with Gasteiger partial charge in [-0.2, -0.15) is 0 Å². The molecule has 2 saturated heterocycles. The Morgan fingerprint density at radius 3 is 2.42 bits per heavy atom. The quantitative estimate of drug-likeness (QED) is 0.287. The van der Waals surface area contributed by atoms with Crippen LogP contribution in [-0.2, 0) is 9.59 Å². The maximum atomic E-state index is 13.8. The molecule has 4 rings (SSSR count). The molecule has 0 bridgehead atoms. The predicted molar refractivity (Wildman–Crippen MR) is 168 cm³/mol. The number of amides is 3. The molecule has 1 aliphatic carbocycles. The summed E-state index contributed by atoms with van der Waals surface area (Å²) in [4.78, 5) is 43.6. The Morgan fingerprint density at radius 1 is 1.05 bits per heavy atom. The van der Waals surface area contributed by atoms with Crippen LogP contribution in [0.15, 0.2) is 18.2 Å². The Hall–Kier alpha value is -2.56. The Labute approximate surface area is 262 Å². The summed E-state index contributed by atoms with van der Waals surface area (Å²) in [6, 6.07) is 4.51. The predicted octanol–water partition coefficient (Wildman–Crippen LogP) is 3.68. The highest BCUT2D eigenvalue weighted by Crippen LogP contribution is 2.37. The molecule has 3 fully saturated rings. The number of carbonyl (C=O) groups is 3. The maximum Gasteiger partial charge on any atom is 0.251 e. The molecule has 0 aromatic heterocycles. The second-order valence-electron chi connectivity index (χ2n) is 12.2. The van der Waals surface area contributed by atoms with E-state index in [1.54, 1.807) is 32.4 Å². The van der Waals surface area contributed by atoms with Crippen LogP contribution < -0.4 is 20.1 Å². The number of hydrogen-bond donors (Lipinski definition) is 3. The van der Waals surface area contributed by atoms with E-state index in [0.717, 1.165) is 64.6 Å². The fourth-order valence-electron chi connectivity index (χ4n) is 6.78. The van der Waals surface area contributed by atoms with E-state index in [1.165, 1.54) is 0 Å². The molecule has 2 aliphatic heterocycles. The van der Waals surface area contributed by atoms with E-state index in [1.807, 2.05) is 4.90 Å². The van der Waals surface area contributed by atoms with Crippen LogP contribution in [0.3, 0.4) is 0 Å². The van der Waals surface area contributed by atoms with Gasteiger partial charge in [0.25, 0.3) is 5.91 Å². The molecule has 242 valence electrons. The van der Waals surface area contributed by atoms with Gasteiger partial charge >= 0.3 is 0 Å². The lowest BCUT2D eigenvalue weighted by Gasteiger charge is -2.52. The molecule has 1 aromatic rings. The molecule has 3 N–H and O–H groups in total. The third-order valence-corrected chi connectivity index (χ3v) is 9.37. The first kappa shape index (κ1) is 34.9. The number of likely N-dealkylation sites (tertiary alicyclic amines) is 1. The first-order chi connectivity index (χ1) is 20.2. The molecule has 11 heteroatoms. The van der Waals surface area contributed by atoms with Crippen molar-refractivity contribution in [2.24, 2.45) is 0 Å². The number of aliphatic hydroxyl groups is 1. The van der Waals surface area contributed by atoms with Crippen molar-refractivity contribution in [1.82, 2.24) is 20.4 Å². The monoisotopic (exact) mass is 622 g/mol. The highest BCUT2D eigenvalue weighted by molar-refractivity contribution is 6.00. The van der Waals surface area contributed by atoms with E-state index < -0.39 is 17.2 Å². The topological polar surface area (TPSA) is 120 Å². The third kappa shape index (κ3) is 8.34. The van der Waals surface area contributed by atoms with Crippen molar-refractivity contribution < 1.29 is 29.0 Å². The van der Waals surface area contributed by atoms with Gasteiger partial charge in [0, 0.05) is 38.7 Å². The lowest BCUT2D eigenvalue weighted by molar-refractivity contribution is -0.163. The zero-order valence-corrected chi connectivity index (χ0v) is 26.9. The van der Waals surface area contributed by atoms with Crippen LogP contribution in [-0.4, -0.2) is 96.8 Å². The van der Waals surface area contributed by atoms with Gasteiger partial charge in [-0.15, -0.1) is 12.4 Å². The molecule has 1 aromatic carbocycles. The zero-order valence-electron chi connectivity index (χ0n) is 26.1. The molecule has 3 amide bonds. The first-order valence-electron chi connectivity index (χ1n) is 15.9. The molecular formula is C32H51ClN4O6. The van der Waals surface area contributed by atoms with Crippen LogP contribution in [0.4, 0.5) is 0 Å². The number of nitrogens with zero attached hydrogens (tertiary/aromatic N) is 2. The van der Waals surface area contributed by atoms with Crippen molar-refractivity contribution in [2.45, 2.75) is 101 Å². The Morgan fingerprint density at radius 2 is 1.77 bits per heavy atom. The number of benzene rings is 1. The van der Waals surface area contributed by atoms with Crippen molar-refractivity contribution in [2.75, 3.05) is 46.9 Å². The highest BCUT2D eigenvalue weighted by atomic mass is 35.5. The molecule has 10 nitrogen and oxygen atoms in total. The van der Waals surface area contributed by atoms with Crippen LogP contribution >= 0.6 is 12.4 Å². The van der Waals surface area contributed by atoms with Gasteiger partial charge in [0.2, 0.25) is 11.8 Å². The van der Waals surface area contributed by atoms with E-state index in [0.29, 0.717) is 62.3 Å². The molecule has 3 aliphatic rings. The smallest absolute Gasteiger partial charge is 0.251 e. The van der Waals surface area contributed by atoms with Crippen LogP contribution in [0.1, 0.15) is 94.3 Å².